The first kappa shape index (κ1) is 19.7. The Hall–Kier alpha value is -2.62. The molecule has 0 aliphatic carbocycles. The Kier molecular flexibility index (Phi) is 5.98. The second-order valence-corrected chi connectivity index (χ2v) is 7.90. The van der Waals surface area contributed by atoms with Gasteiger partial charge in [0.05, 0.1) is 18.9 Å². The van der Waals surface area contributed by atoms with Gasteiger partial charge >= 0.3 is 0 Å². The predicted octanol–water partition coefficient (Wildman–Crippen LogP) is 2.52. The number of hydrogen-bond acceptors (Lipinski definition) is 8. The van der Waals surface area contributed by atoms with Crippen molar-refractivity contribution in [1.29, 1.82) is 0 Å². The molecule has 0 unspecified atom stereocenters. The van der Waals surface area contributed by atoms with Crippen LogP contribution >= 0.6 is 11.8 Å². The number of thioether (sulfide) groups is 1. The van der Waals surface area contributed by atoms with E-state index in [9.17, 15) is 0 Å². The summed E-state index contributed by atoms with van der Waals surface area (Å²) in [5.41, 5.74) is 3.19. The van der Waals surface area contributed by atoms with E-state index in [1.165, 1.54) is 5.69 Å². The topological polar surface area (TPSA) is 77.3 Å². The molecule has 1 N–H and O–H groups in total. The standard InChI is InChI=1S/C20H24N6O2S/c1-25(2)15-6-4-14(5-7-15)19-21-12-18(28-19)13-29-20-22-23-24-26(20)16-8-10-17(27-3)11-9-16/h4-11,18-19,21H,12-13H2,1-3H3/t18-,19-/m0/s1. The normalized spacial score (nSPS) is 18.7. The van der Waals surface area contributed by atoms with Crippen molar-refractivity contribution in [3.63, 3.8) is 0 Å². The number of nitrogens with zero attached hydrogens (tertiary/aromatic N) is 5. The lowest BCUT2D eigenvalue weighted by Crippen LogP contribution is -2.17. The third kappa shape index (κ3) is 4.52. The fourth-order valence-electron chi connectivity index (χ4n) is 3.09. The number of methoxy groups -OCH3 is 1. The van der Waals surface area contributed by atoms with Gasteiger partial charge in [-0.2, -0.15) is 4.68 Å². The fraction of sp³-hybridized carbons (Fsp3) is 0.350. The Morgan fingerprint density at radius 3 is 2.62 bits per heavy atom. The summed E-state index contributed by atoms with van der Waals surface area (Å²) in [7, 11) is 5.71. The van der Waals surface area contributed by atoms with E-state index in [4.69, 9.17) is 9.47 Å². The van der Waals surface area contributed by atoms with Gasteiger partial charge in [0.15, 0.2) is 0 Å². The van der Waals surface area contributed by atoms with Gasteiger partial charge in [-0.05, 0) is 52.4 Å². The Morgan fingerprint density at radius 1 is 1.17 bits per heavy atom. The first-order valence-corrected chi connectivity index (χ1v) is 10.3. The van der Waals surface area contributed by atoms with Crippen LogP contribution in [0.5, 0.6) is 5.75 Å². The minimum atomic E-state index is -0.0885. The van der Waals surface area contributed by atoms with Gasteiger partial charge in [0.1, 0.15) is 12.0 Å². The summed E-state index contributed by atoms with van der Waals surface area (Å²) >= 11 is 1.58. The monoisotopic (exact) mass is 412 g/mol. The van der Waals surface area contributed by atoms with Gasteiger partial charge in [-0.3, -0.25) is 5.32 Å². The number of tetrazole rings is 1. The highest BCUT2D eigenvalue weighted by Crippen LogP contribution is 2.27. The molecule has 0 saturated carbocycles. The van der Waals surface area contributed by atoms with E-state index >= 15 is 0 Å². The maximum absolute atomic E-state index is 6.18. The summed E-state index contributed by atoms with van der Waals surface area (Å²) in [6.45, 7) is 0.789. The van der Waals surface area contributed by atoms with Crippen LogP contribution in [-0.4, -0.2) is 59.8 Å². The minimum absolute atomic E-state index is 0.0829. The molecule has 1 aliphatic heterocycles. The second-order valence-electron chi connectivity index (χ2n) is 6.91. The van der Waals surface area contributed by atoms with Crippen LogP contribution in [0.15, 0.2) is 53.7 Å². The molecule has 2 heterocycles. The molecule has 1 aliphatic rings. The SMILES string of the molecule is COc1ccc(-n2nnnc2SC[C@@H]2CN[C@H](c3ccc(N(C)C)cc3)O2)cc1. The van der Waals surface area contributed by atoms with Crippen LogP contribution in [0, 0.1) is 0 Å². The average molecular weight is 413 g/mol. The van der Waals surface area contributed by atoms with E-state index in [0.29, 0.717) is 0 Å². The molecule has 2 atom stereocenters. The summed E-state index contributed by atoms with van der Waals surface area (Å²) in [5.74, 6) is 1.56. The Labute approximate surface area is 174 Å². The van der Waals surface area contributed by atoms with Gasteiger partial charge in [-0.25, -0.2) is 0 Å². The Morgan fingerprint density at radius 2 is 1.93 bits per heavy atom. The maximum Gasteiger partial charge on any atom is 0.214 e. The average Bonchev–Trinajstić information content (AvgIpc) is 3.42. The first-order chi connectivity index (χ1) is 14.1. The van der Waals surface area contributed by atoms with Crippen molar-refractivity contribution >= 4 is 17.4 Å². The van der Waals surface area contributed by atoms with E-state index < -0.39 is 0 Å². The van der Waals surface area contributed by atoms with Gasteiger partial charge in [-0.15, -0.1) is 5.10 Å². The van der Waals surface area contributed by atoms with Gasteiger partial charge in [0.25, 0.3) is 0 Å². The number of benzene rings is 2. The third-order valence-corrected chi connectivity index (χ3v) is 5.78. The highest BCUT2D eigenvalue weighted by molar-refractivity contribution is 7.99. The van der Waals surface area contributed by atoms with E-state index in [0.717, 1.165) is 34.5 Å². The molecule has 1 aromatic heterocycles. The number of nitrogens with one attached hydrogen (secondary N) is 1. The predicted molar refractivity (Wildman–Crippen MR) is 113 cm³/mol. The molecule has 2 aromatic carbocycles. The van der Waals surface area contributed by atoms with Crippen molar-refractivity contribution in [3.8, 4) is 11.4 Å². The van der Waals surface area contributed by atoms with Crippen LogP contribution < -0.4 is 15.0 Å². The van der Waals surface area contributed by atoms with Crippen LogP contribution in [0.3, 0.4) is 0 Å². The zero-order valence-corrected chi connectivity index (χ0v) is 17.5. The number of hydrogen-bond donors (Lipinski definition) is 1. The summed E-state index contributed by atoms with van der Waals surface area (Å²) in [6, 6.07) is 16.1. The van der Waals surface area contributed by atoms with Crippen LogP contribution in [0.4, 0.5) is 5.69 Å². The first-order valence-electron chi connectivity index (χ1n) is 9.36. The molecule has 152 valence electrons. The van der Waals surface area contributed by atoms with Crippen LogP contribution in [0.2, 0.25) is 0 Å². The van der Waals surface area contributed by atoms with Crippen LogP contribution in [-0.2, 0) is 4.74 Å². The molecule has 3 aromatic rings. The second kappa shape index (κ2) is 8.81. The van der Waals surface area contributed by atoms with Crippen LogP contribution in [0.25, 0.3) is 5.69 Å². The molecule has 1 saturated heterocycles. The fourth-order valence-corrected chi connectivity index (χ4v) is 3.98. The van der Waals surface area contributed by atoms with Crippen molar-refractivity contribution < 1.29 is 9.47 Å². The summed E-state index contributed by atoms with van der Waals surface area (Å²) in [5, 5.41) is 16.3. The maximum atomic E-state index is 6.18. The zero-order valence-electron chi connectivity index (χ0n) is 16.6. The molecule has 8 nitrogen and oxygen atoms in total. The van der Waals surface area contributed by atoms with E-state index in [1.807, 2.05) is 38.4 Å². The molecule has 0 spiro atoms. The Bertz CT molecular complexity index is 929. The smallest absolute Gasteiger partial charge is 0.214 e. The lowest BCUT2D eigenvalue weighted by molar-refractivity contribution is 0.0534. The van der Waals surface area contributed by atoms with Crippen LogP contribution in [0.1, 0.15) is 11.8 Å². The highest BCUT2D eigenvalue weighted by atomic mass is 32.2. The van der Waals surface area contributed by atoms with Crippen molar-refractivity contribution in [1.82, 2.24) is 25.5 Å². The third-order valence-electron chi connectivity index (χ3n) is 4.73. The van der Waals surface area contributed by atoms with E-state index in [1.54, 1.807) is 23.6 Å². The lowest BCUT2D eigenvalue weighted by atomic mass is 10.2. The van der Waals surface area contributed by atoms with Gasteiger partial charge in [0, 0.05) is 32.1 Å². The van der Waals surface area contributed by atoms with Gasteiger partial charge in [-0.1, -0.05) is 23.9 Å². The summed E-state index contributed by atoms with van der Waals surface area (Å²) in [4.78, 5) is 2.08. The summed E-state index contributed by atoms with van der Waals surface area (Å²) < 4.78 is 13.1. The Balaban J connectivity index is 1.35. The molecule has 4 rings (SSSR count). The molecule has 29 heavy (non-hydrogen) atoms. The molecular weight excluding hydrogens is 388 g/mol. The molecular formula is C20H24N6O2S. The number of ether oxygens (including phenoxy) is 2. The quantitative estimate of drug-likeness (QED) is 0.593. The molecule has 0 bridgehead atoms. The van der Waals surface area contributed by atoms with E-state index in [2.05, 4.69) is 50.0 Å². The molecule has 0 amide bonds. The van der Waals surface area contributed by atoms with E-state index in [-0.39, 0.29) is 12.3 Å². The minimum Gasteiger partial charge on any atom is -0.497 e. The number of aromatic nitrogens is 4. The van der Waals surface area contributed by atoms with Crippen molar-refractivity contribution in [3.05, 3.63) is 54.1 Å². The van der Waals surface area contributed by atoms with Gasteiger partial charge in [0.2, 0.25) is 5.16 Å². The molecule has 9 heteroatoms. The lowest BCUT2D eigenvalue weighted by Gasteiger charge is -2.16. The molecule has 1 fully saturated rings. The van der Waals surface area contributed by atoms with Crippen molar-refractivity contribution in [2.45, 2.75) is 17.5 Å². The van der Waals surface area contributed by atoms with Gasteiger partial charge < -0.3 is 14.4 Å². The van der Waals surface area contributed by atoms with Crippen molar-refractivity contribution in [2.24, 2.45) is 0 Å². The van der Waals surface area contributed by atoms with Crippen molar-refractivity contribution in [2.75, 3.05) is 38.4 Å². The highest BCUT2D eigenvalue weighted by Gasteiger charge is 2.26. The largest absolute Gasteiger partial charge is 0.497 e. The number of rotatable bonds is 7. The molecule has 0 radical (unpaired) electrons. The number of anilines is 1. The zero-order chi connectivity index (χ0) is 20.2. The summed E-state index contributed by atoms with van der Waals surface area (Å²) in [6.07, 6.45) is -0.00561.